The fraction of sp³-hybridized carbons (Fsp3) is 1.00. The SMILES string of the molecule is CC1(C)CCCCC1(N)O. The molecule has 10 heavy (non-hydrogen) atoms. The van der Waals surface area contributed by atoms with Crippen molar-refractivity contribution in [2.24, 2.45) is 11.1 Å². The first-order valence-electron chi connectivity index (χ1n) is 3.97. The summed E-state index contributed by atoms with van der Waals surface area (Å²) in [5.41, 5.74) is 4.69. The third-order valence-corrected chi connectivity index (χ3v) is 2.78. The minimum absolute atomic E-state index is 0.0920. The molecule has 0 aliphatic heterocycles. The Bertz CT molecular complexity index is 113. The Balaban J connectivity index is 2.70. The van der Waals surface area contributed by atoms with Gasteiger partial charge >= 0.3 is 0 Å². The molecule has 3 N–H and O–H groups in total. The Morgan fingerprint density at radius 1 is 1.20 bits per heavy atom. The van der Waals surface area contributed by atoms with Gasteiger partial charge in [-0.3, -0.25) is 0 Å². The second-order valence-corrected chi connectivity index (χ2v) is 4.02. The standard InChI is InChI=1S/C8H17NO/c1-7(2)5-3-4-6-8(7,9)10/h10H,3-6,9H2,1-2H3. The highest BCUT2D eigenvalue weighted by Crippen LogP contribution is 2.40. The van der Waals surface area contributed by atoms with E-state index in [1.165, 1.54) is 6.42 Å². The van der Waals surface area contributed by atoms with Gasteiger partial charge in [-0.25, -0.2) is 0 Å². The van der Waals surface area contributed by atoms with Crippen LogP contribution in [0.5, 0.6) is 0 Å². The predicted octanol–water partition coefficient (Wildman–Crippen LogP) is 1.23. The van der Waals surface area contributed by atoms with Gasteiger partial charge in [0.25, 0.3) is 0 Å². The minimum Gasteiger partial charge on any atom is -0.376 e. The molecule has 60 valence electrons. The average molecular weight is 143 g/mol. The molecule has 2 heteroatoms. The topological polar surface area (TPSA) is 46.2 Å². The van der Waals surface area contributed by atoms with Gasteiger partial charge in [0.2, 0.25) is 0 Å². The van der Waals surface area contributed by atoms with Crippen molar-refractivity contribution in [3.8, 4) is 0 Å². The monoisotopic (exact) mass is 143 g/mol. The molecule has 0 aromatic carbocycles. The normalized spacial score (nSPS) is 39.6. The molecule has 0 heterocycles. The predicted molar refractivity (Wildman–Crippen MR) is 41.4 cm³/mol. The second kappa shape index (κ2) is 2.21. The third kappa shape index (κ3) is 1.18. The molecule has 2 nitrogen and oxygen atoms in total. The van der Waals surface area contributed by atoms with Gasteiger partial charge in [-0.2, -0.15) is 0 Å². The van der Waals surface area contributed by atoms with Crippen molar-refractivity contribution in [3.63, 3.8) is 0 Å². The fourth-order valence-electron chi connectivity index (χ4n) is 1.52. The lowest BCUT2D eigenvalue weighted by atomic mass is 9.71. The number of rotatable bonds is 0. The van der Waals surface area contributed by atoms with Crippen LogP contribution in [0, 0.1) is 5.41 Å². The van der Waals surface area contributed by atoms with Crippen molar-refractivity contribution in [3.05, 3.63) is 0 Å². The number of nitrogens with two attached hydrogens (primary N) is 1. The summed E-state index contributed by atoms with van der Waals surface area (Å²) in [5.74, 6) is 0. The van der Waals surface area contributed by atoms with E-state index in [0.29, 0.717) is 0 Å². The van der Waals surface area contributed by atoms with Crippen LogP contribution in [0.4, 0.5) is 0 Å². The third-order valence-electron chi connectivity index (χ3n) is 2.78. The summed E-state index contributed by atoms with van der Waals surface area (Å²) in [7, 11) is 0. The van der Waals surface area contributed by atoms with Crippen LogP contribution in [-0.2, 0) is 0 Å². The molecule has 0 aromatic heterocycles. The van der Waals surface area contributed by atoms with Crippen molar-refractivity contribution < 1.29 is 5.11 Å². The van der Waals surface area contributed by atoms with Gasteiger partial charge in [0.05, 0.1) is 0 Å². The first-order valence-corrected chi connectivity index (χ1v) is 3.97. The Labute approximate surface area is 62.4 Å². The van der Waals surface area contributed by atoms with Gasteiger partial charge < -0.3 is 10.8 Å². The molecule has 0 radical (unpaired) electrons. The molecular formula is C8H17NO. The Hall–Kier alpha value is -0.0800. The van der Waals surface area contributed by atoms with Crippen LogP contribution in [0.25, 0.3) is 0 Å². The lowest BCUT2D eigenvalue weighted by Crippen LogP contribution is -2.54. The summed E-state index contributed by atoms with van der Waals surface area (Å²) < 4.78 is 0. The van der Waals surface area contributed by atoms with E-state index in [-0.39, 0.29) is 5.41 Å². The highest BCUT2D eigenvalue weighted by molar-refractivity contribution is 4.91. The molecule has 0 saturated heterocycles. The van der Waals surface area contributed by atoms with E-state index in [4.69, 9.17) is 5.73 Å². The summed E-state index contributed by atoms with van der Waals surface area (Å²) in [6.07, 6.45) is 4.06. The van der Waals surface area contributed by atoms with Crippen LogP contribution in [0.2, 0.25) is 0 Å². The Kier molecular flexibility index (Phi) is 1.77. The molecule has 0 spiro atoms. The van der Waals surface area contributed by atoms with Crippen molar-refractivity contribution in [2.45, 2.75) is 45.3 Å². The summed E-state index contributed by atoms with van der Waals surface area (Å²) in [6.45, 7) is 4.07. The maximum atomic E-state index is 9.68. The van der Waals surface area contributed by atoms with Crippen molar-refractivity contribution in [1.82, 2.24) is 0 Å². The summed E-state index contributed by atoms with van der Waals surface area (Å²) in [4.78, 5) is 0. The van der Waals surface area contributed by atoms with Crippen LogP contribution in [-0.4, -0.2) is 10.8 Å². The first kappa shape index (κ1) is 8.02. The smallest absolute Gasteiger partial charge is 0.118 e. The van der Waals surface area contributed by atoms with Crippen LogP contribution in [0.15, 0.2) is 0 Å². The van der Waals surface area contributed by atoms with E-state index in [2.05, 4.69) is 0 Å². The van der Waals surface area contributed by atoms with E-state index < -0.39 is 5.72 Å². The molecule has 1 fully saturated rings. The largest absolute Gasteiger partial charge is 0.376 e. The maximum Gasteiger partial charge on any atom is 0.118 e. The molecule has 1 aliphatic carbocycles. The highest BCUT2D eigenvalue weighted by atomic mass is 16.3. The molecular weight excluding hydrogens is 126 g/mol. The van der Waals surface area contributed by atoms with E-state index in [1.54, 1.807) is 0 Å². The first-order chi connectivity index (χ1) is 4.46. The molecule has 1 rings (SSSR count). The highest BCUT2D eigenvalue weighted by Gasteiger charge is 2.41. The molecule has 1 saturated carbocycles. The molecule has 1 aliphatic rings. The zero-order chi connectivity index (χ0) is 7.83. The molecule has 0 bridgehead atoms. The van der Waals surface area contributed by atoms with Gasteiger partial charge in [-0.05, 0) is 19.3 Å². The number of hydrogen-bond donors (Lipinski definition) is 2. The van der Waals surface area contributed by atoms with Gasteiger partial charge in [0.1, 0.15) is 5.72 Å². The van der Waals surface area contributed by atoms with Crippen molar-refractivity contribution >= 4 is 0 Å². The van der Waals surface area contributed by atoms with E-state index in [0.717, 1.165) is 19.3 Å². The zero-order valence-electron chi connectivity index (χ0n) is 6.85. The van der Waals surface area contributed by atoms with E-state index in [9.17, 15) is 5.11 Å². The molecule has 1 unspecified atom stereocenters. The molecule has 0 amide bonds. The fourth-order valence-corrected chi connectivity index (χ4v) is 1.52. The van der Waals surface area contributed by atoms with Gasteiger partial charge in [-0.1, -0.05) is 20.3 Å². The minimum atomic E-state index is -0.925. The van der Waals surface area contributed by atoms with E-state index in [1.807, 2.05) is 13.8 Å². The second-order valence-electron chi connectivity index (χ2n) is 4.02. The Morgan fingerprint density at radius 3 is 2.00 bits per heavy atom. The summed E-state index contributed by atoms with van der Waals surface area (Å²) in [6, 6.07) is 0. The molecule has 0 aromatic rings. The Morgan fingerprint density at radius 2 is 1.70 bits per heavy atom. The van der Waals surface area contributed by atoms with Gasteiger partial charge in [-0.15, -0.1) is 0 Å². The summed E-state index contributed by atoms with van der Waals surface area (Å²) in [5, 5.41) is 9.68. The van der Waals surface area contributed by atoms with Gasteiger partial charge in [0.15, 0.2) is 0 Å². The van der Waals surface area contributed by atoms with E-state index >= 15 is 0 Å². The lowest BCUT2D eigenvalue weighted by Gasteiger charge is -2.43. The number of aliphatic hydroxyl groups is 1. The van der Waals surface area contributed by atoms with Crippen LogP contribution in [0.1, 0.15) is 39.5 Å². The van der Waals surface area contributed by atoms with Crippen molar-refractivity contribution in [2.75, 3.05) is 0 Å². The number of hydrogen-bond acceptors (Lipinski definition) is 2. The van der Waals surface area contributed by atoms with Crippen molar-refractivity contribution in [1.29, 1.82) is 0 Å². The average Bonchev–Trinajstić information content (AvgIpc) is 1.77. The summed E-state index contributed by atoms with van der Waals surface area (Å²) >= 11 is 0. The van der Waals surface area contributed by atoms with Crippen LogP contribution in [0.3, 0.4) is 0 Å². The van der Waals surface area contributed by atoms with Gasteiger partial charge in [0, 0.05) is 5.41 Å². The quantitative estimate of drug-likeness (QED) is 0.501. The zero-order valence-corrected chi connectivity index (χ0v) is 6.85. The molecule has 1 atom stereocenters. The van der Waals surface area contributed by atoms with Crippen LogP contribution >= 0.6 is 0 Å². The maximum absolute atomic E-state index is 9.68. The van der Waals surface area contributed by atoms with Crippen LogP contribution < -0.4 is 5.73 Å². The lowest BCUT2D eigenvalue weighted by molar-refractivity contribution is -0.0915.